The van der Waals surface area contributed by atoms with Crippen LogP contribution in [0.15, 0.2) is 12.1 Å². The summed E-state index contributed by atoms with van der Waals surface area (Å²) in [4.78, 5) is 6.79. The Labute approximate surface area is 159 Å². The molecule has 26 heavy (non-hydrogen) atoms. The fraction of sp³-hybridized carbons (Fsp3) is 0.611. The van der Waals surface area contributed by atoms with E-state index in [4.69, 9.17) is 16.9 Å². The van der Waals surface area contributed by atoms with Crippen molar-refractivity contribution in [2.24, 2.45) is 0 Å². The van der Waals surface area contributed by atoms with E-state index >= 15 is 0 Å². The summed E-state index contributed by atoms with van der Waals surface area (Å²) in [7, 11) is 0. The summed E-state index contributed by atoms with van der Waals surface area (Å²) >= 11 is 5.99. The van der Waals surface area contributed by atoms with Crippen molar-refractivity contribution in [3.05, 3.63) is 28.7 Å². The minimum absolute atomic E-state index is 0.181. The van der Waals surface area contributed by atoms with Crippen molar-refractivity contribution in [3.8, 4) is 11.9 Å². The van der Waals surface area contributed by atoms with Crippen molar-refractivity contribution in [2.75, 3.05) is 6.54 Å². The topological polar surface area (TPSA) is 83.5 Å². The molecule has 1 saturated carbocycles. The average Bonchev–Trinajstić information content (AvgIpc) is 3.14. The first-order valence-corrected chi connectivity index (χ1v) is 9.69. The molecule has 0 unspecified atom stereocenters. The van der Waals surface area contributed by atoms with Crippen LogP contribution in [0.3, 0.4) is 0 Å². The van der Waals surface area contributed by atoms with Crippen molar-refractivity contribution in [1.82, 2.24) is 30.1 Å². The maximum absolute atomic E-state index is 9.16. The summed E-state index contributed by atoms with van der Waals surface area (Å²) in [5.74, 6) is 1.26. The van der Waals surface area contributed by atoms with Crippen LogP contribution in [0.25, 0.3) is 5.82 Å². The van der Waals surface area contributed by atoms with Crippen LogP contribution in [0.2, 0.25) is 5.02 Å². The van der Waals surface area contributed by atoms with Gasteiger partial charge in [0.15, 0.2) is 17.3 Å². The smallest absolute Gasteiger partial charge is 0.172 e. The third kappa shape index (κ3) is 4.37. The van der Waals surface area contributed by atoms with E-state index in [2.05, 4.69) is 32.3 Å². The van der Waals surface area contributed by atoms with Gasteiger partial charge >= 0.3 is 0 Å². The van der Waals surface area contributed by atoms with E-state index < -0.39 is 0 Å². The molecule has 2 aromatic rings. The first-order chi connectivity index (χ1) is 12.7. The van der Waals surface area contributed by atoms with Gasteiger partial charge in [0.2, 0.25) is 0 Å². The molecule has 2 heterocycles. The Hall–Kier alpha value is -2.04. The number of pyridine rings is 1. The van der Waals surface area contributed by atoms with Gasteiger partial charge in [-0.2, -0.15) is 9.94 Å². The van der Waals surface area contributed by atoms with Crippen molar-refractivity contribution < 1.29 is 0 Å². The predicted octanol–water partition coefficient (Wildman–Crippen LogP) is 3.52. The maximum Gasteiger partial charge on any atom is 0.172 e. The average molecular weight is 374 g/mol. The Morgan fingerprint density at radius 1 is 1.31 bits per heavy atom. The Balaban J connectivity index is 1.82. The highest BCUT2D eigenvalue weighted by Crippen LogP contribution is 2.24. The summed E-state index contributed by atoms with van der Waals surface area (Å²) in [5, 5.41) is 21.6. The van der Waals surface area contributed by atoms with Gasteiger partial charge in [-0.15, -0.1) is 5.10 Å². The van der Waals surface area contributed by atoms with Crippen LogP contribution >= 0.6 is 11.6 Å². The van der Waals surface area contributed by atoms with Gasteiger partial charge in [-0.05, 0) is 48.4 Å². The zero-order valence-corrected chi connectivity index (χ0v) is 15.9. The van der Waals surface area contributed by atoms with Crippen molar-refractivity contribution >= 4 is 11.6 Å². The monoisotopic (exact) mass is 373 g/mol. The fourth-order valence-corrected chi connectivity index (χ4v) is 3.64. The number of tetrazole rings is 1. The summed E-state index contributed by atoms with van der Waals surface area (Å²) in [6.45, 7) is 3.94. The number of halogens is 1. The summed E-state index contributed by atoms with van der Waals surface area (Å²) in [6, 6.07) is 5.99. The van der Waals surface area contributed by atoms with E-state index in [9.17, 15) is 0 Å². The van der Waals surface area contributed by atoms with Crippen LogP contribution in [0.5, 0.6) is 0 Å². The Morgan fingerprint density at radius 2 is 2.12 bits per heavy atom. The van der Waals surface area contributed by atoms with Gasteiger partial charge in [0, 0.05) is 6.04 Å². The van der Waals surface area contributed by atoms with Gasteiger partial charge in [-0.1, -0.05) is 44.2 Å². The number of hydrogen-bond donors (Lipinski definition) is 0. The van der Waals surface area contributed by atoms with E-state index in [0.717, 1.165) is 18.8 Å². The standard InChI is InChI=1S/C18H24ClN7/c1-2-3-11-25(14-7-5-4-6-8-14)13-18-22-23-24-26(18)17-10-9-15(19)16(12-20)21-17/h9-10,14H,2-8,11,13H2,1H3. The van der Waals surface area contributed by atoms with Gasteiger partial charge < -0.3 is 0 Å². The molecule has 0 aliphatic heterocycles. The summed E-state index contributed by atoms with van der Waals surface area (Å²) in [6.07, 6.45) is 8.73. The second kappa shape index (κ2) is 9.06. The first kappa shape index (κ1) is 18.7. The zero-order chi connectivity index (χ0) is 18.4. The van der Waals surface area contributed by atoms with E-state index in [1.807, 2.05) is 6.07 Å². The molecule has 3 rings (SSSR count). The number of nitrogens with zero attached hydrogens (tertiary/aromatic N) is 7. The lowest BCUT2D eigenvalue weighted by Crippen LogP contribution is -2.37. The molecule has 0 aromatic carbocycles. The Kier molecular flexibility index (Phi) is 6.53. The highest BCUT2D eigenvalue weighted by atomic mass is 35.5. The molecule has 1 aliphatic carbocycles. The van der Waals surface area contributed by atoms with Crippen molar-refractivity contribution in [1.29, 1.82) is 5.26 Å². The Morgan fingerprint density at radius 3 is 2.85 bits per heavy atom. The largest absolute Gasteiger partial charge is 0.293 e. The van der Waals surface area contributed by atoms with Crippen LogP contribution in [0, 0.1) is 11.3 Å². The lowest BCUT2D eigenvalue weighted by atomic mass is 9.94. The van der Waals surface area contributed by atoms with Crippen molar-refractivity contribution in [2.45, 2.75) is 64.5 Å². The number of nitriles is 1. The normalized spacial score (nSPS) is 15.3. The predicted molar refractivity (Wildman–Crippen MR) is 98.9 cm³/mol. The minimum atomic E-state index is 0.181. The lowest BCUT2D eigenvalue weighted by Gasteiger charge is -2.33. The number of unbranched alkanes of at least 4 members (excludes halogenated alkanes) is 1. The SMILES string of the molecule is CCCCN(Cc1nnnn1-c1ccc(Cl)c(C#N)n1)C1CCCCC1. The molecule has 0 amide bonds. The minimum Gasteiger partial charge on any atom is -0.293 e. The molecule has 1 aliphatic rings. The van der Waals surface area contributed by atoms with E-state index in [1.165, 1.54) is 38.5 Å². The van der Waals surface area contributed by atoms with Crippen LogP contribution in [0.4, 0.5) is 0 Å². The van der Waals surface area contributed by atoms with Gasteiger partial charge in [-0.3, -0.25) is 4.90 Å². The fourth-order valence-electron chi connectivity index (χ4n) is 3.49. The third-order valence-electron chi connectivity index (χ3n) is 4.92. The highest BCUT2D eigenvalue weighted by molar-refractivity contribution is 6.31. The molecule has 8 heteroatoms. The second-order valence-corrected chi connectivity index (χ2v) is 7.14. The molecule has 2 aromatic heterocycles. The quantitative estimate of drug-likeness (QED) is 0.738. The zero-order valence-electron chi connectivity index (χ0n) is 15.1. The molecule has 1 fully saturated rings. The molecule has 0 spiro atoms. The molecule has 138 valence electrons. The van der Waals surface area contributed by atoms with Gasteiger partial charge in [0.1, 0.15) is 6.07 Å². The number of rotatable bonds is 7. The van der Waals surface area contributed by atoms with E-state index in [0.29, 0.717) is 23.4 Å². The first-order valence-electron chi connectivity index (χ1n) is 9.31. The summed E-state index contributed by atoms with van der Waals surface area (Å²) in [5.41, 5.74) is 0.181. The Bertz CT molecular complexity index is 761. The molecular formula is C18H24ClN7. The summed E-state index contributed by atoms with van der Waals surface area (Å²) < 4.78 is 1.61. The molecule has 0 atom stereocenters. The van der Waals surface area contributed by atoms with Crippen molar-refractivity contribution in [3.63, 3.8) is 0 Å². The number of hydrogen-bond acceptors (Lipinski definition) is 6. The van der Waals surface area contributed by atoms with Crippen LogP contribution in [0.1, 0.15) is 63.4 Å². The van der Waals surface area contributed by atoms with Crippen LogP contribution in [-0.4, -0.2) is 42.7 Å². The molecular weight excluding hydrogens is 350 g/mol. The van der Waals surface area contributed by atoms with Gasteiger partial charge in [0.25, 0.3) is 0 Å². The third-order valence-corrected chi connectivity index (χ3v) is 5.23. The lowest BCUT2D eigenvalue weighted by molar-refractivity contribution is 0.141. The van der Waals surface area contributed by atoms with Crippen LogP contribution < -0.4 is 0 Å². The number of aromatic nitrogens is 5. The molecule has 0 bridgehead atoms. The molecule has 0 N–H and O–H groups in total. The maximum atomic E-state index is 9.16. The molecule has 0 radical (unpaired) electrons. The van der Waals surface area contributed by atoms with Gasteiger partial charge in [-0.25, -0.2) is 4.98 Å². The van der Waals surface area contributed by atoms with Gasteiger partial charge in [0.05, 0.1) is 11.6 Å². The van der Waals surface area contributed by atoms with E-state index in [-0.39, 0.29) is 5.69 Å². The second-order valence-electron chi connectivity index (χ2n) is 6.73. The molecule has 0 saturated heterocycles. The molecule has 7 nitrogen and oxygen atoms in total. The highest BCUT2D eigenvalue weighted by Gasteiger charge is 2.23. The van der Waals surface area contributed by atoms with Crippen LogP contribution in [-0.2, 0) is 6.54 Å². The van der Waals surface area contributed by atoms with E-state index in [1.54, 1.807) is 16.8 Å².